The fraction of sp³-hybridized carbons (Fsp3) is 0.500. The number of carbonyl (C=O) groups excluding carboxylic acids is 1. The van der Waals surface area contributed by atoms with Crippen molar-refractivity contribution in [3.63, 3.8) is 0 Å². The van der Waals surface area contributed by atoms with E-state index in [0.29, 0.717) is 19.5 Å². The summed E-state index contributed by atoms with van der Waals surface area (Å²) in [7, 11) is -1.44. The summed E-state index contributed by atoms with van der Waals surface area (Å²) >= 11 is 0. The molecule has 1 fully saturated rings. The van der Waals surface area contributed by atoms with E-state index in [1.165, 1.54) is 0 Å². The van der Waals surface area contributed by atoms with Crippen molar-refractivity contribution in [1.29, 1.82) is 0 Å². The Morgan fingerprint density at radius 1 is 1.35 bits per heavy atom. The van der Waals surface area contributed by atoms with Gasteiger partial charge in [-0.3, -0.25) is 0 Å². The number of rotatable bonds is 2. The van der Waals surface area contributed by atoms with Crippen LogP contribution >= 0.6 is 0 Å². The van der Waals surface area contributed by atoms with Gasteiger partial charge in [0.2, 0.25) is 0 Å². The summed E-state index contributed by atoms with van der Waals surface area (Å²) in [6.07, 6.45) is -0.277. The van der Waals surface area contributed by atoms with Gasteiger partial charge < -0.3 is 14.7 Å². The van der Waals surface area contributed by atoms with E-state index in [1.54, 1.807) is 4.90 Å². The zero-order chi connectivity index (χ0) is 16.9. The van der Waals surface area contributed by atoms with E-state index < -0.39 is 14.2 Å². The Labute approximate surface area is 139 Å². The molecule has 1 aromatic carbocycles. The van der Waals surface area contributed by atoms with E-state index in [2.05, 4.69) is 31.1 Å². The summed E-state index contributed by atoms with van der Waals surface area (Å²) in [5, 5.41) is 10.2. The van der Waals surface area contributed by atoms with E-state index in [-0.39, 0.29) is 18.6 Å². The summed E-state index contributed by atoms with van der Waals surface area (Å²) in [5.74, 6) is 3.17. The highest BCUT2D eigenvalue weighted by Gasteiger charge is 2.30. The Balaban J connectivity index is 1.84. The molecule has 2 atom stereocenters. The Kier molecular flexibility index (Phi) is 5.86. The second-order valence-corrected chi connectivity index (χ2v) is 11.7. The monoisotopic (exact) mass is 331 g/mol. The molecule has 1 amide bonds. The number of aliphatic hydroxyl groups excluding tert-OH is 1. The molecule has 124 valence electrons. The SMILES string of the molecule is C[Si](C)(C)C#C[C@@H]1CCN(C(=O)OCc2ccccc2)C[C@H]1O. The lowest BCUT2D eigenvalue weighted by Crippen LogP contribution is -2.46. The number of hydrogen-bond donors (Lipinski definition) is 1. The molecule has 1 saturated heterocycles. The van der Waals surface area contributed by atoms with E-state index >= 15 is 0 Å². The smallest absolute Gasteiger partial charge is 0.410 e. The zero-order valence-corrected chi connectivity index (χ0v) is 15.1. The Morgan fingerprint density at radius 3 is 2.65 bits per heavy atom. The van der Waals surface area contributed by atoms with Crippen LogP contribution in [0.4, 0.5) is 4.79 Å². The molecule has 4 nitrogen and oxygen atoms in total. The fourth-order valence-electron chi connectivity index (χ4n) is 2.39. The predicted octanol–water partition coefficient (Wildman–Crippen LogP) is 2.89. The Hall–Kier alpha value is -1.77. The number of piperidine rings is 1. The van der Waals surface area contributed by atoms with Gasteiger partial charge in [0.25, 0.3) is 0 Å². The quantitative estimate of drug-likeness (QED) is 0.670. The first-order valence-electron chi connectivity index (χ1n) is 8.01. The van der Waals surface area contributed by atoms with Gasteiger partial charge in [-0.2, -0.15) is 0 Å². The molecule has 5 heteroatoms. The molecular weight excluding hydrogens is 306 g/mol. The van der Waals surface area contributed by atoms with Gasteiger partial charge in [-0.1, -0.05) is 50.0 Å². The van der Waals surface area contributed by atoms with Crippen LogP contribution in [-0.2, 0) is 11.3 Å². The molecule has 1 aromatic rings. The van der Waals surface area contributed by atoms with Gasteiger partial charge >= 0.3 is 6.09 Å². The predicted molar refractivity (Wildman–Crippen MR) is 93.4 cm³/mol. The summed E-state index contributed by atoms with van der Waals surface area (Å²) < 4.78 is 5.31. The number of amides is 1. The van der Waals surface area contributed by atoms with Crippen LogP contribution < -0.4 is 0 Å². The van der Waals surface area contributed by atoms with Gasteiger partial charge in [-0.25, -0.2) is 4.79 Å². The molecule has 1 aliphatic heterocycles. The minimum absolute atomic E-state index is 0.0418. The number of hydrogen-bond acceptors (Lipinski definition) is 3. The van der Waals surface area contributed by atoms with Crippen LogP contribution in [0.2, 0.25) is 19.6 Å². The van der Waals surface area contributed by atoms with Gasteiger partial charge in [-0.15, -0.1) is 11.5 Å². The average molecular weight is 331 g/mol. The van der Waals surface area contributed by atoms with Crippen molar-refractivity contribution >= 4 is 14.2 Å². The molecular formula is C18H25NO3Si. The van der Waals surface area contributed by atoms with Crippen LogP contribution in [0.5, 0.6) is 0 Å². The summed E-state index contributed by atoms with van der Waals surface area (Å²) in [6.45, 7) is 7.67. The average Bonchev–Trinajstić information content (AvgIpc) is 2.51. The van der Waals surface area contributed by atoms with Gasteiger partial charge in [0.15, 0.2) is 0 Å². The van der Waals surface area contributed by atoms with Crippen molar-refractivity contribution in [3.05, 3.63) is 35.9 Å². The highest BCUT2D eigenvalue weighted by Crippen LogP contribution is 2.18. The molecule has 23 heavy (non-hydrogen) atoms. The lowest BCUT2D eigenvalue weighted by Gasteiger charge is -2.33. The third kappa shape index (κ3) is 5.74. The highest BCUT2D eigenvalue weighted by molar-refractivity contribution is 6.83. The molecule has 0 aliphatic carbocycles. The van der Waals surface area contributed by atoms with Crippen molar-refractivity contribution in [2.24, 2.45) is 5.92 Å². The lowest BCUT2D eigenvalue weighted by molar-refractivity contribution is 0.0292. The maximum atomic E-state index is 12.1. The van der Waals surface area contributed by atoms with Crippen molar-refractivity contribution in [1.82, 2.24) is 4.90 Å². The number of carbonyl (C=O) groups is 1. The van der Waals surface area contributed by atoms with Gasteiger partial charge in [-0.05, 0) is 12.0 Å². The third-order valence-electron chi connectivity index (χ3n) is 3.68. The molecule has 1 N–H and O–H groups in total. The van der Waals surface area contributed by atoms with Crippen molar-refractivity contribution < 1.29 is 14.6 Å². The van der Waals surface area contributed by atoms with Gasteiger partial charge in [0, 0.05) is 12.5 Å². The molecule has 0 unspecified atom stereocenters. The van der Waals surface area contributed by atoms with Crippen molar-refractivity contribution in [2.75, 3.05) is 13.1 Å². The van der Waals surface area contributed by atoms with Crippen LogP contribution in [0.25, 0.3) is 0 Å². The molecule has 0 bridgehead atoms. The Morgan fingerprint density at radius 2 is 2.04 bits per heavy atom. The van der Waals surface area contributed by atoms with Crippen LogP contribution in [0.3, 0.4) is 0 Å². The number of likely N-dealkylation sites (tertiary alicyclic amines) is 1. The van der Waals surface area contributed by atoms with Crippen LogP contribution in [0.15, 0.2) is 30.3 Å². The highest BCUT2D eigenvalue weighted by atomic mass is 28.3. The largest absolute Gasteiger partial charge is 0.445 e. The minimum atomic E-state index is -1.44. The van der Waals surface area contributed by atoms with E-state index in [4.69, 9.17) is 4.74 Å². The topological polar surface area (TPSA) is 49.8 Å². The first-order chi connectivity index (χ1) is 10.8. The van der Waals surface area contributed by atoms with Gasteiger partial charge in [0.1, 0.15) is 14.7 Å². The van der Waals surface area contributed by atoms with Crippen LogP contribution in [0, 0.1) is 17.4 Å². The lowest BCUT2D eigenvalue weighted by atomic mass is 9.95. The molecule has 0 spiro atoms. The number of ether oxygens (including phenoxy) is 1. The molecule has 0 saturated carbocycles. The normalized spacial score (nSPS) is 21.3. The van der Waals surface area contributed by atoms with Gasteiger partial charge in [0.05, 0.1) is 12.6 Å². The summed E-state index contributed by atoms with van der Waals surface area (Å²) in [4.78, 5) is 13.7. The van der Waals surface area contributed by atoms with Crippen molar-refractivity contribution in [2.45, 2.75) is 38.8 Å². The van der Waals surface area contributed by atoms with E-state index in [9.17, 15) is 9.90 Å². The number of benzene rings is 1. The fourth-order valence-corrected chi connectivity index (χ4v) is 3.00. The minimum Gasteiger partial charge on any atom is -0.445 e. The standard InChI is InChI=1S/C18H25NO3Si/c1-23(2,3)12-10-16-9-11-19(13-17(16)20)18(21)22-14-15-7-5-4-6-8-15/h4-8,16-17,20H,9,11,13-14H2,1-3H3/t16-,17+/m0/s1. The number of β-amino-alcohol motifs (C(OH)–C–C–N with tert-alkyl or cyclic N) is 1. The molecule has 0 radical (unpaired) electrons. The summed E-state index contributed by atoms with van der Waals surface area (Å²) in [5.41, 5.74) is 4.26. The maximum absolute atomic E-state index is 12.1. The molecule has 1 heterocycles. The summed E-state index contributed by atoms with van der Waals surface area (Å²) in [6, 6.07) is 9.58. The van der Waals surface area contributed by atoms with Crippen LogP contribution in [-0.4, -0.2) is 43.4 Å². The van der Waals surface area contributed by atoms with Crippen LogP contribution in [0.1, 0.15) is 12.0 Å². The first-order valence-corrected chi connectivity index (χ1v) is 11.5. The van der Waals surface area contributed by atoms with Crippen molar-refractivity contribution in [3.8, 4) is 11.5 Å². The van der Waals surface area contributed by atoms with E-state index in [0.717, 1.165) is 5.56 Å². The second kappa shape index (κ2) is 7.67. The number of aliphatic hydroxyl groups is 1. The second-order valence-electron chi connectivity index (χ2n) is 6.97. The molecule has 0 aromatic heterocycles. The molecule has 2 rings (SSSR count). The molecule has 1 aliphatic rings. The Bertz CT molecular complexity index is 586. The van der Waals surface area contributed by atoms with E-state index in [1.807, 2.05) is 30.3 Å². The first kappa shape index (κ1) is 17.6. The zero-order valence-electron chi connectivity index (χ0n) is 14.1. The maximum Gasteiger partial charge on any atom is 0.410 e. The third-order valence-corrected chi connectivity index (χ3v) is 4.57. The number of nitrogens with zero attached hydrogens (tertiary/aromatic N) is 1.